The normalized spacial score (nSPS) is 18.4. The highest BCUT2D eigenvalue weighted by molar-refractivity contribution is 5.99. The minimum Gasteiger partial charge on any atom is -0.365 e. The van der Waals surface area contributed by atoms with Crippen molar-refractivity contribution in [1.82, 2.24) is 9.97 Å². The zero-order valence-electron chi connectivity index (χ0n) is 17.0. The summed E-state index contributed by atoms with van der Waals surface area (Å²) in [6, 6.07) is 14.1. The van der Waals surface area contributed by atoms with Crippen molar-refractivity contribution < 1.29 is 9.18 Å². The van der Waals surface area contributed by atoms with Gasteiger partial charge in [0.1, 0.15) is 5.82 Å². The van der Waals surface area contributed by atoms with Crippen LogP contribution in [0.15, 0.2) is 54.7 Å². The van der Waals surface area contributed by atoms with Crippen LogP contribution in [0.25, 0.3) is 11.3 Å². The van der Waals surface area contributed by atoms with E-state index in [2.05, 4.69) is 20.6 Å². The molecule has 31 heavy (non-hydrogen) atoms. The minimum absolute atomic E-state index is 0.0417. The molecule has 3 aromatic rings. The molecule has 160 valence electrons. The van der Waals surface area contributed by atoms with Crippen molar-refractivity contribution in [3.63, 3.8) is 0 Å². The van der Waals surface area contributed by atoms with Gasteiger partial charge >= 0.3 is 0 Å². The SMILES string of the molecule is NC(=O)c1cc(F)c(N[C@@H]2CCCC[C@@H]2N)nc1Nc1cccnc1-c1ccccc1. The Hall–Kier alpha value is -3.52. The molecule has 0 unspecified atom stereocenters. The van der Waals surface area contributed by atoms with Crippen LogP contribution in [0, 0.1) is 5.82 Å². The van der Waals surface area contributed by atoms with Crippen LogP contribution in [0.2, 0.25) is 0 Å². The van der Waals surface area contributed by atoms with Gasteiger partial charge in [-0.25, -0.2) is 9.37 Å². The van der Waals surface area contributed by atoms with Gasteiger partial charge in [-0.15, -0.1) is 0 Å². The summed E-state index contributed by atoms with van der Waals surface area (Å²) in [6.07, 6.45) is 5.47. The van der Waals surface area contributed by atoms with E-state index in [1.54, 1.807) is 12.3 Å². The van der Waals surface area contributed by atoms with Gasteiger partial charge in [-0.1, -0.05) is 43.2 Å². The maximum Gasteiger partial charge on any atom is 0.252 e. The van der Waals surface area contributed by atoms with E-state index in [0.29, 0.717) is 11.4 Å². The van der Waals surface area contributed by atoms with Crippen molar-refractivity contribution in [3.05, 3.63) is 66.1 Å². The number of nitrogens with one attached hydrogen (secondary N) is 2. The predicted molar refractivity (Wildman–Crippen MR) is 120 cm³/mol. The van der Waals surface area contributed by atoms with Gasteiger partial charge < -0.3 is 22.1 Å². The molecule has 0 aliphatic heterocycles. The molecule has 1 fully saturated rings. The third-order valence-electron chi connectivity index (χ3n) is 5.49. The van der Waals surface area contributed by atoms with Crippen molar-refractivity contribution in [2.75, 3.05) is 10.6 Å². The standard InChI is InChI=1S/C23H25FN6O/c24-16-13-15(21(26)31)22(30-23(16)28-18-10-5-4-9-17(18)25)29-19-11-6-12-27-20(19)14-7-2-1-3-8-14/h1-3,6-8,11-13,17-18H,4-5,9-10,25H2,(H2,26,31)(H2,28,29,30)/t17-,18+/m0/s1. The van der Waals surface area contributed by atoms with Gasteiger partial charge in [0, 0.05) is 23.8 Å². The monoisotopic (exact) mass is 420 g/mol. The average molecular weight is 420 g/mol. The number of anilines is 3. The molecule has 1 aromatic carbocycles. The first kappa shape index (κ1) is 20.7. The predicted octanol–water partition coefficient (Wildman–Crippen LogP) is 3.81. The van der Waals surface area contributed by atoms with E-state index in [-0.39, 0.29) is 29.3 Å². The highest BCUT2D eigenvalue weighted by atomic mass is 19.1. The van der Waals surface area contributed by atoms with E-state index in [0.717, 1.165) is 37.3 Å². The summed E-state index contributed by atoms with van der Waals surface area (Å²) in [5.41, 5.74) is 13.8. The van der Waals surface area contributed by atoms with Gasteiger partial charge in [0.05, 0.1) is 16.9 Å². The maximum absolute atomic E-state index is 14.7. The van der Waals surface area contributed by atoms with Crippen molar-refractivity contribution >= 4 is 23.2 Å². The zero-order chi connectivity index (χ0) is 21.8. The van der Waals surface area contributed by atoms with Gasteiger partial charge in [-0.05, 0) is 31.0 Å². The van der Waals surface area contributed by atoms with Crippen LogP contribution in [0.3, 0.4) is 0 Å². The van der Waals surface area contributed by atoms with Crippen molar-refractivity contribution in [1.29, 1.82) is 0 Å². The fourth-order valence-electron chi connectivity index (χ4n) is 3.85. The van der Waals surface area contributed by atoms with Crippen LogP contribution < -0.4 is 22.1 Å². The highest BCUT2D eigenvalue weighted by Gasteiger charge is 2.24. The topological polar surface area (TPSA) is 119 Å². The van der Waals surface area contributed by atoms with Crippen LogP contribution in [0.1, 0.15) is 36.0 Å². The minimum atomic E-state index is -0.778. The summed E-state index contributed by atoms with van der Waals surface area (Å²) in [5, 5.41) is 6.24. The number of hydrogen-bond donors (Lipinski definition) is 4. The smallest absolute Gasteiger partial charge is 0.252 e. The number of carbonyl (C=O) groups excluding carboxylic acids is 1. The molecule has 1 aliphatic rings. The molecule has 1 aliphatic carbocycles. The zero-order valence-corrected chi connectivity index (χ0v) is 17.0. The molecule has 0 spiro atoms. The average Bonchev–Trinajstić information content (AvgIpc) is 2.78. The van der Waals surface area contributed by atoms with E-state index in [1.807, 2.05) is 36.4 Å². The third kappa shape index (κ3) is 4.64. The van der Waals surface area contributed by atoms with Crippen LogP contribution in [-0.2, 0) is 0 Å². The van der Waals surface area contributed by atoms with E-state index < -0.39 is 11.7 Å². The second-order valence-corrected chi connectivity index (χ2v) is 7.67. The molecule has 1 amide bonds. The number of hydrogen-bond acceptors (Lipinski definition) is 6. The number of aromatic nitrogens is 2. The fraction of sp³-hybridized carbons (Fsp3) is 0.261. The molecule has 6 N–H and O–H groups in total. The summed E-state index contributed by atoms with van der Waals surface area (Å²) in [4.78, 5) is 20.8. The van der Waals surface area contributed by atoms with Crippen LogP contribution in [-0.4, -0.2) is 28.0 Å². The fourth-order valence-corrected chi connectivity index (χ4v) is 3.85. The summed E-state index contributed by atoms with van der Waals surface area (Å²) in [6.45, 7) is 0. The van der Waals surface area contributed by atoms with Gasteiger partial charge in [0.15, 0.2) is 11.6 Å². The Kier molecular flexibility index (Phi) is 6.08. The van der Waals surface area contributed by atoms with Crippen LogP contribution in [0.4, 0.5) is 21.7 Å². The molecule has 2 aromatic heterocycles. The molecular weight excluding hydrogens is 395 g/mol. The first-order valence-electron chi connectivity index (χ1n) is 10.3. The number of amides is 1. The molecule has 2 atom stereocenters. The van der Waals surface area contributed by atoms with Gasteiger partial charge in [0.25, 0.3) is 5.91 Å². The van der Waals surface area contributed by atoms with E-state index >= 15 is 0 Å². The summed E-state index contributed by atoms with van der Waals surface area (Å²) in [5.74, 6) is -1.22. The Balaban J connectivity index is 1.70. The molecule has 7 nitrogen and oxygen atoms in total. The third-order valence-corrected chi connectivity index (χ3v) is 5.49. The summed E-state index contributed by atoms with van der Waals surface area (Å²) >= 11 is 0. The quantitative estimate of drug-likeness (QED) is 0.482. The Morgan fingerprint density at radius 1 is 1.06 bits per heavy atom. The van der Waals surface area contributed by atoms with Crippen molar-refractivity contribution in [3.8, 4) is 11.3 Å². The molecular formula is C23H25FN6O. The van der Waals surface area contributed by atoms with E-state index in [1.165, 1.54) is 0 Å². The van der Waals surface area contributed by atoms with Crippen molar-refractivity contribution in [2.24, 2.45) is 11.5 Å². The van der Waals surface area contributed by atoms with Gasteiger partial charge in [-0.3, -0.25) is 9.78 Å². The summed E-state index contributed by atoms with van der Waals surface area (Å²) in [7, 11) is 0. The number of benzene rings is 1. The second kappa shape index (κ2) is 9.09. The lowest BCUT2D eigenvalue weighted by Crippen LogP contribution is -2.43. The van der Waals surface area contributed by atoms with Gasteiger partial charge in [-0.2, -0.15) is 0 Å². The number of carbonyl (C=O) groups is 1. The van der Waals surface area contributed by atoms with E-state index in [4.69, 9.17) is 11.5 Å². The number of rotatable bonds is 6. The lowest BCUT2D eigenvalue weighted by Gasteiger charge is -2.30. The first-order chi connectivity index (χ1) is 15.0. The summed E-state index contributed by atoms with van der Waals surface area (Å²) < 4.78 is 14.7. The largest absolute Gasteiger partial charge is 0.365 e. The number of nitrogens with two attached hydrogens (primary N) is 2. The molecule has 8 heteroatoms. The number of pyridine rings is 2. The Morgan fingerprint density at radius 3 is 2.58 bits per heavy atom. The highest BCUT2D eigenvalue weighted by Crippen LogP contribution is 2.30. The Morgan fingerprint density at radius 2 is 1.84 bits per heavy atom. The second-order valence-electron chi connectivity index (χ2n) is 7.67. The number of primary amides is 1. The molecule has 2 heterocycles. The maximum atomic E-state index is 14.7. The molecule has 1 saturated carbocycles. The lowest BCUT2D eigenvalue weighted by atomic mass is 9.91. The molecule has 4 rings (SSSR count). The van der Waals surface area contributed by atoms with Crippen LogP contribution in [0.5, 0.6) is 0 Å². The van der Waals surface area contributed by atoms with Gasteiger partial charge in [0.2, 0.25) is 0 Å². The Labute approximate surface area is 180 Å². The van der Waals surface area contributed by atoms with Crippen molar-refractivity contribution in [2.45, 2.75) is 37.8 Å². The first-order valence-corrected chi connectivity index (χ1v) is 10.3. The number of halogens is 1. The molecule has 0 saturated heterocycles. The number of nitrogens with zero attached hydrogens (tertiary/aromatic N) is 2. The van der Waals surface area contributed by atoms with Crippen LogP contribution >= 0.6 is 0 Å². The molecule has 0 radical (unpaired) electrons. The lowest BCUT2D eigenvalue weighted by molar-refractivity contribution is 0.100. The Bertz CT molecular complexity index is 1070. The molecule has 0 bridgehead atoms. The van der Waals surface area contributed by atoms with E-state index in [9.17, 15) is 9.18 Å².